The van der Waals surface area contributed by atoms with E-state index in [-0.39, 0.29) is 37.4 Å². The predicted octanol–water partition coefficient (Wildman–Crippen LogP) is 1.35. The van der Waals surface area contributed by atoms with Crippen LogP contribution in [0.1, 0.15) is 66.7 Å². The fourth-order valence-electron chi connectivity index (χ4n) is 10.5. The van der Waals surface area contributed by atoms with Crippen molar-refractivity contribution in [1.29, 1.82) is 0 Å². The molecule has 7 N–H and O–H groups in total. The van der Waals surface area contributed by atoms with E-state index in [4.69, 9.17) is 18.4 Å². The Morgan fingerprint density at radius 2 is 1.73 bits per heavy atom. The van der Waals surface area contributed by atoms with E-state index in [1.54, 1.807) is 0 Å². The van der Waals surface area contributed by atoms with E-state index >= 15 is 0 Å². The molecule has 276 valence electrons. The number of aliphatic hydroxyl groups excluding tert-OH is 5. The molecule has 0 aromatic heterocycles. The van der Waals surface area contributed by atoms with Gasteiger partial charge in [0.25, 0.3) is 0 Å². The minimum absolute atomic E-state index is 0.0478. The second-order valence-electron chi connectivity index (χ2n) is 15.8. The normalized spacial score (nSPS) is 47.7. The summed E-state index contributed by atoms with van der Waals surface area (Å²) in [4.78, 5) is 0. The molecule has 0 amide bonds. The highest BCUT2D eigenvalue weighted by molar-refractivity contribution is 7.80. The van der Waals surface area contributed by atoms with Gasteiger partial charge >= 0.3 is 10.4 Å². The van der Waals surface area contributed by atoms with E-state index in [2.05, 4.69) is 0 Å². The maximum Gasteiger partial charge on any atom is 0.397 e. The van der Waals surface area contributed by atoms with E-state index < -0.39 is 93.6 Å². The van der Waals surface area contributed by atoms with Crippen molar-refractivity contribution in [1.82, 2.24) is 0 Å². The van der Waals surface area contributed by atoms with Gasteiger partial charge in [-0.2, -0.15) is 8.42 Å². The summed E-state index contributed by atoms with van der Waals surface area (Å²) in [7, 11) is -3.64. The first-order valence-electron chi connectivity index (χ1n) is 17.2. The SMILES string of the molecule is COC1C(OC2C=C3C(O)CC4(O)C(CCC5(C)C(C(C)C=CC(CO)C(C)C)C(O)C(OS(=O)(=O)O)C54)C3(C)CC2)OCC(O)C1O. The van der Waals surface area contributed by atoms with Crippen molar-refractivity contribution in [3.63, 3.8) is 0 Å². The molecule has 48 heavy (non-hydrogen) atoms. The summed E-state index contributed by atoms with van der Waals surface area (Å²) >= 11 is 0. The van der Waals surface area contributed by atoms with E-state index in [0.29, 0.717) is 31.3 Å². The summed E-state index contributed by atoms with van der Waals surface area (Å²) in [5.74, 6) is -2.21. The van der Waals surface area contributed by atoms with E-state index in [1.807, 2.05) is 52.8 Å². The number of fused-ring (bicyclic) bond motifs is 5. The monoisotopic (exact) mass is 704 g/mol. The highest BCUT2D eigenvalue weighted by atomic mass is 32.3. The fourth-order valence-corrected chi connectivity index (χ4v) is 11.0. The molecule has 0 bridgehead atoms. The zero-order valence-electron chi connectivity index (χ0n) is 28.8. The Morgan fingerprint density at radius 3 is 2.33 bits per heavy atom. The van der Waals surface area contributed by atoms with Crippen molar-refractivity contribution < 1.29 is 62.0 Å². The first kappa shape index (κ1) is 38.2. The van der Waals surface area contributed by atoms with Crippen LogP contribution in [-0.4, -0.2) is 119 Å². The Balaban J connectivity index is 1.47. The topological polar surface area (TPSA) is 213 Å². The minimum Gasteiger partial charge on any atom is -0.396 e. The third-order valence-electron chi connectivity index (χ3n) is 12.8. The highest BCUT2D eigenvalue weighted by Gasteiger charge is 2.73. The van der Waals surface area contributed by atoms with Crippen LogP contribution >= 0.6 is 0 Å². The van der Waals surface area contributed by atoms with Gasteiger partial charge in [-0.05, 0) is 65.8 Å². The largest absolute Gasteiger partial charge is 0.397 e. The lowest BCUT2D eigenvalue weighted by molar-refractivity contribution is -0.285. The summed E-state index contributed by atoms with van der Waals surface area (Å²) in [6.07, 6.45) is -1.10. The van der Waals surface area contributed by atoms with Crippen LogP contribution in [0, 0.1) is 46.3 Å². The van der Waals surface area contributed by atoms with Gasteiger partial charge in [0.2, 0.25) is 0 Å². The van der Waals surface area contributed by atoms with Crippen LogP contribution in [0.5, 0.6) is 0 Å². The first-order chi connectivity index (χ1) is 22.3. The lowest BCUT2D eigenvalue weighted by atomic mass is 9.43. The Morgan fingerprint density at radius 1 is 1.04 bits per heavy atom. The summed E-state index contributed by atoms with van der Waals surface area (Å²) in [5.41, 5.74) is -2.54. The molecule has 0 radical (unpaired) electrons. The Bertz CT molecular complexity index is 1320. The second kappa shape index (κ2) is 13.8. The molecule has 0 aromatic rings. The average molecular weight is 705 g/mol. The first-order valence-corrected chi connectivity index (χ1v) is 18.6. The third-order valence-corrected chi connectivity index (χ3v) is 13.2. The number of aliphatic hydroxyl groups is 6. The number of ether oxygens (including phenoxy) is 3. The molecule has 3 saturated carbocycles. The van der Waals surface area contributed by atoms with Gasteiger partial charge in [0.05, 0.1) is 30.5 Å². The zero-order valence-corrected chi connectivity index (χ0v) is 29.6. The predicted molar refractivity (Wildman–Crippen MR) is 172 cm³/mol. The number of hydrogen-bond acceptors (Lipinski definition) is 12. The minimum atomic E-state index is -5.03. The molecular weight excluding hydrogens is 648 g/mol. The molecule has 1 saturated heterocycles. The molecule has 1 heterocycles. The molecule has 1 aliphatic heterocycles. The zero-order chi connectivity index (χ0) is 35.6. The van der Waals surface area contributed by atoms with Crippen LogP contribution in [0.2, 0.25) is 0 Å². The molecule has 5 aliphatic rings. The van der Waals surface area contributed by atoms with Crippen LogP contribution < -0.4 is 0 Å². The van der Waals surface area contributed by atoms with Crippen molar-refractivity contribution in [2.45, 2.75) is 121 Å². The van der Waals surface area contributed by atoms with Gasteiger partial charge in [-0.25, -0.2) is 4.18 Å². The summed E-state index contributed by atoms with van der Waals surface area (Å²) < 4.78 is 56.7. The van der Waals surface area contributed by atoms with E-state index in [9.17, 15) is 43.6 Å². The second-order valence-corrected chi connectivity index (χ2v) is 16.9. The van der Waals surface area contributed by atoms with Gasteiger partial charge in [0.1, 0.15) is 24.4 Å². The van der Waals surface area contributed by atoms with Gasteiger partial charge in [-0.1, -0.05) is 52.8 Å². The number of rotatable bonds is 10. The maximum atomic E-state index is 12.8. The standard InChI is InChI=1S/C34H56O13S/c1-17(2)19(15-35)8-7-18(3)25-27(39)28(47-48(41,42)43)30-33(25,5)12-10-24-32(4)11-9-20(13-21(32)22(36)14-34(24,30)40)46-31-29(44-6)26(38)23(37)16-45-31/h7-8,13,17-20,22-31,35-40H,9-12,14-16H2,1-6H3,(H,41,42,43). The number of allylic oxidation sites excluding steroid dienone is 1. The van der Waals surface area contributed by atoms with Crippen LogP contribution in [-0.2, 0) is 28.8 Å². The van der Waals surface area contributed by atoms with Gasteiger partial charge in [-0.3, -0.25) is 4.55 Å². The number of hydrogen-bond donors (Lipinski definition) is 7. The summed E-state index contributed by atoms with van der Waals surface area (Å²) in [6.45, 7) is 9.65. The molecule has 0 aromatic carbocycles. The molecule has 4 fully saturated rings. The highest BCUT2D eigenvalue weighted by Crippen LogP contribution is 2.69. The molecular formula is C34H56O13S. The van der Waals surface area contributed by atoms with Crippen molar-refractivity contribution >= 4 is 10.4 Å². The fraction of sp³-hybridized carbons (Fsp3) is 0.882. The van der Waals surface area contributed by atoms with Crippen LogP contribution in [0.4, 0.5) is 0 Å². The average Bonchev–Trinajstić information content (AvgIpc) is 3.20. The van der Waals surface area contributed by atoms with Crippen LogP contribution in [0.15, 0.2) is 23.8 Å². The van der Waals surface area contributed by atoms with E-state index in [0.717, 1.165) is 0 Å². The molecule has 0 spiro atoms. The smallest absolute Gasteiger partial charge is 0.396 e. The van der Waals surface area contributed by atoms with Crippen molar-refractivity contribution in [3.8, 4) is 0 Å². The third kappa shape index (κ3) is 6.58. The van der Waals surface area contributed by atoms with Crippen molar-refractivity contribution in [2.75, 3.05) is 20.3 Å². The number of methoxy groups -OCH3 is 1. The molecule has 14 heteroatoms. The lowest BCUT2D eigenvalue weighted by Gasteiger charge is -2.64. The van der Waals surface area contributed by atoms with E-state index in [1.165, 1.54) is 7.11 Å². The summed E-state index contributed by atoms with van der Waals surface area (Å²) in [6, 6.07) is 0. The quantitative estimate of drug-likeness (QED) is 0.127. The molecule has 13 nitrogen and oxygen atoms in total. The van der Waals surface area contributed by atoms with Gasteiger partial charge in [-0.15, -0.1) is 0 Å². The molecule has 16 unspecified atom stereocenters. The molecule has 4 aliphatic carbocycles. The van der Waals surface area contributed by atoms with Crippen LogP contribution in [0.3, 0.4) is 0 Å². The van der Waals surface area contributed by atoms with Gasteiger partial charge in [0.15, 0.2) is 6.29 Å². The maximum absolute atomic E-state index is 12.8. The van der Waals surface area contributed by atoms with Crippen molar-refractivity contribution in [2.24, 2.45) is 46.3 Å². The van der Waals surface area contributed by atoms with Gasteiger partial charge < -0.3 is 44.8 Å². The summed E-state index contributed by atoms with van der Waals surface area (Å²) in [5, 5.41) is 66.7. The van der Waals surface area contributed by atoms with Gasteiger partial charge in [0, 0.05) is 32.0 Å². The lowest BCUT2D eigenvalue weighted by Crippen LogP contribution is -2.66. The Kier molecular flexibility index (Phi) is 11.0. The molecule has 5 rings (SSSR count). The van der Waals surface area contributed by atoms with Crippen molar-refractivity contribution in [3.05, 3.63) is 23.8 Å². The Hall–Kier alpha value is -1.01. The van der Waals surface area contributed by atoms with Crippen LogP contribution in [0.25, 0.3) is 0 Å². The molecule has 16 atom stereocenters. The Labute approximate surface area is 283 Å².